The van der Waals surface area contributed by atoms with Crippen LogP contribution < -0.4 is 10.6 Å². The molecule has 0 amide bonds. The highest BCUT2D eigenvalue weighted by atomic mass is 15.3. The second-order valence-electron chi connectivity index (χ2n) is 15.2. The summed E-state index contributed by atoms with van der Waals surface area (Å²) >= 11 is 0. The maximum Gasteiger partial charge on any atom is 0.130 e. The quantitative estimate of drug-likeness (QED) is 0.241. The molecule has 0 unspecified atom stereocenters. The van der Waals surface area contributed by atoms with Crippen molar-refractivity contribution in [3.8, 4) is 11.1 Å². The van der Waals surface area contributed by atoms with E-state index in [9.17, 15) is 0 Å². The number of anilines is 1. The fraction of sp³-hybridized carbons (Fsp3) is 0.595. The zero-order chi connectivity index (χ0) is 34.6. The Kier molecular flexibility index (Phi) is 14.3. The molecular formula is C42H64N6. The van der Waals surface area contributed by atoms with Gasteiger partial charge in [-0.05, 0) is 120 Å². The third kappa shape index (κ3) is 11.3. The third-order valence-corrected chi connectivity index (χ3v) is 10.5. The van der Waals surface area contributed by atoms with Gasteiger partial charge in [0.1, 0.15) is 5.82 Å². The topological polar surface area (TPSA) is 67.7 Å². The summed E-state index contributed by atoms with van der Waals surface area (Å²) in [6, 6.07) is 9.74. The van der Waals surface area contributed by atoms with Crippen LogP contribution in [-0.4, -0.2) is 25.8 Å². The number of hydrogen-bond donors (Lipinski definition) is 2. The first-order chi connectivity index (χ1) is 23.0. The molecule has 3 aromatic rings. The number of pyridine rings is 2. The van der Waals surface area contributed by atoms with E-state index in [-0.39, 0.29) is 0 Å². The number of aryl methyl sites for hydroxylation is 2. The fourth-order valence-corrected chi connectivity index (χ4v) is 7.30. The van der Waals surface area contributed by atoms with Crippen LogP contribution in [0.4, 0.5) is 5.82 Å². The molecule has 3 heterocycles. The summed E-state index contributed by atoms with van der Waals surface area (Å²) in [6.07, 6.45) is 21.5. The van der Waals surface area contributed by atoms with Crippen molar-refractivity contribution in [2.24, 2.45) is 17.8 Å². The van der Waals surface area contributed by atoms with Gasteiger partial charge in [-0.2, -0.15) is 5.10 Å². The van der Waals surface area contributed by atoms with Gasteiger partial charge in [0, 0.05) is 58.7 Å². The molecule has 3 fully saturated rings. The molecule has 262 valence electrons. The van der Waals surface area contributed by atoms with E-state index in [1.165, 1.54) is 87.6 Å². The van der Waals surface area contributed by atoms with Crippen molar-refractivity contribution in [3.63, 3.8) is 0 Å². The van der Waals surface area contributed by atoms with Gasteiger partial charge in [0.05, 0.1) is 6.20 Å². The SMILES string of the molecule is C=C(C)NC1CC(C)C1.C=C(Nc1cc(-c2cnn(C(C)C)c2)ccn1)C1CCCCC1.CCc1ccc(C2CCC(C)CC2)nc1C. The minimum absolute atomic E-state index is 0.370. The standard InChI is InChI=1S/C19H26N4.C15H23N.C8H15N/c1-14(2)23-13-18(12-21-23)17-9-10-20-19(11-17)22-15(3)16-7-5-4-6-8-16;1-4-13-9-10-15(16-12(13)3)14-7-5-11(2)6-8-14;1-6(2)9-8-4-7(3)5-8/h9-14,16H,3-8H2,1-2H3,(H,20,22);9-11,14H,4-8H2,1-3H3;7-9H,1,4-5H2,2-3H3. The highest BCUT2D eigenvalue weighted by Gasteiger charge is 2.24. The molecule has 3 aliphatic rings. The predicted octanol–water partition coefficient (Wildman–Crippen LogP) is 11.2. The number of rotatable bonds is 9. The van der Waals surface area contributed by atoms with Crippen LogP contribution in [0.5, 0.6) is 0 Å². The van der Waals surface area contributed by atoms with Crippen molar-refractivity contribution < 1.29 is 0 Å². The highest BCUT2D eigenvalue weighted by molar-refractivity contribution is 5.65. The lowest BCUT2D eigenvalue weighted by Crippen LogP contribution is -2.38. The van der Waals surface area contributed by atoms with Crippen molar-refractivity contribution in [2.45, 2.75) is 144 Å². The number of nitrogens with one attached hydrogen (secondary N) is 2. The Balaban J connectivity index is 0.000000180. The molecule has 0 atom stereocenters. The van der Waals surface area contributed by atoms with Crippen molar-refractivity contribution >= 4 is 5.82 Å². The van der Waals surface area contributed by atoms with Crippen LogP contribution in [0.1, 0.15) is 141 Å². The summed E-state index contributed by atoms with van der Waals surface area (Å²) in [7, 11) is 0. The highest BCUT2D eigenvalue weighted by Crippen LogP contribution is 2.35. The van der Waals surface area contributed by atoms with E-state index in [4.69, 9.17) is 4.98 Å². The summed E-state index contributed by atoms with van der Waals surface area (Å²) in [4.78, 5) is 9.24. The normalized spacial score (nSPS) is 22.3. The molecule has 0 saturated heterocycles. The van der Waals surface area contributed by atoms with Gasteiger partial charge in [-0.15, -0.1) is 0 Å². The monoisotopic (exact) mass is 653 g/mol. The summed E-state index contributed by atoms with van der Waals surface area (Å²) in [5.41, 5.74) is 8.42. The minimum atomic E-state index is 0.370. The van der Waals surface area contributed by atoms with E-state index in [0.29, 0.717) is 12.0 Å². The van der Waals surface area contributed by atoms with Crippen LogP contribution in [0.15, 0.2) is 67.4 Å². The molecule has 3 aromatic heterocycles. The zero-order valence-electron chi connectivity index (χ0n) is 31.2. The van der Waals surface area contributed by atoms with E-state index < -0.39 is 0 Å². The summed E-state index contributed by atoms with van der Waals surface area (Å²) in [5.74, 6) is 4.03. The minimum Gasteiger partial charge on any atom is -0.386 e. The first kappa shape index (κ1) is 37.4. The molecule has 2 N–H and O–H groups in total. The second-order valence-corrected chi connectivity index (χ2v) is 15.2. The number of allylic oxidation sites excluding steroid dienone is 2. The van der Waals surface area contributed by atoms with E-state index in [1.54, 1.807) is 0 Å². The average Bonchev–Trinajstić information content (AvgIpc) is 3.57. The maximum atomic E-state index is 4.79. The van der Waals surface area contributed by atoms with Gasteiger partial charge in [0.25, 0.3) is 0 Å². The van der Waals surface area contributed by atoms with Crippen molar-refractivity contribution in [1.82, 2.24) is 25.1 Å². The van der Waals surface area contributed by atoms with Crippen LogP contribution >= 0.6 is 0 Å². The van der Waals surface area contributed by atoms with Gasteiger partial charge in [-0.25, -0.2) is 4.98 Å². The summed E-state index contributed by atoms with van der Waals surface area (Å²) < 4.78 is 1.98. The number of nitrogens with zero attached hydrogens (tertiary/aromatic N) is 4. The van der Waals surface area contributed by atoms with Crippen LogP contribution in [-0.2, 0) is 6.42 Å². The molecule has 0 aliphatic heterocycles. The van der Waals surface area contributed by atoms with E-state index in [1.807, 2.05) is 30.1 Å². The average molecular weight is 653 g/mol. The van der Waals surface area contributed by atoms with Crippen LogP contribution in [0.2, 0.25) is 0 Å². The summed E-state index contributed by atoms with van der Waals surface area (Å²) in [5, 5.41) is 11.1. The molecule has 0 radical (unpaired) electrons. The van der Waals surface area contributed by atoms with Gasteiger partial charge in [-0.1, -0.05) is 72.1 Å². The van der Waals surface area contributed by atoms with E-state index in [0.717, 1.165) is 58.6 Å². The molecule has 6 nitrogen and oxygen atoms in total. The van der Waals surface area contributed by atoms with Crippen molar-refractivity contribution in [2.75, 3.05) is 5.32 Å². The molecule has 3 saturated carbocycles. The second kappa shape index (κ2) is 18.4. The molecule has 0 spiro atoms. The molecule has 6 heteroatoms. The Labute approximate surface area is 292 Å². The lowest BCUT2D eigenvalue weighted by Gasteiger charge is -2.34. The maximum absolute atomic E-state index is 4.79. The van der Waals surface area contributed by atoms with Gasteiger partial charge < -0.3 is 10.6 Å². The van der Waals surface area contributed by atoms with E-state index >= 15 is 0 Å². The molecular weight excluding hydrogens is 589 g/mol. The Hall–Kier alpha value is -3.41. The van der Waals surface area contributed by atoms with Gasteiger partial charge >= 0.3 is 0 Å². The number of aromatic nitrogens is 4. The first-order valence-electron chi connectivity index (χ1n) is 18.9. The lowest BCUT2D eigenvalue weighted by molar-refractivity contribution is 0.256. The Bertz CT molecular complexity index is 1430. The molecule has 48 heavy (non-hydrogen) atoms. The van der Waals surface area contributed by atoms with Crippen LogP contribution in [0.25, 0.3) is 11.1 Å². The third-order valence-electron chi connectivity index (χ3n) is 10.5. The molecule has 3 aliphatic carbocycles. The Morgan fingerprint density at radius 1 is 0.938 bits per heavy atom. The smallest absolute Gasteiger partial charge is 0.130 e. The molecule has 0 aromatic carbocycles. The molecule has 6 rings (SSSR count). The first-order valence-corrected chi connectivity index (χ1v) is 18.9. The number of hydrogen-bond acceptors (Lipinski definition) is 5. The van der Waals surface area contributed by atoms with Crippen LogP contribution in [0, 0.1) is 24.7 Å². The van der Waals surface area contributed by atoms with Crippen molar-refractivity contribution in [3.05, 3.63) is 84.4 Å². The van der Waals surface area contributed by atoms with Gasteiger partial charge in [-0.3, -0.25) is 9.67 Å². The van der Waals surface area contributed by atoms with Gasteiger partial charge in [0.15, 0.2) is 0 Å². The zero-order valence-corrected chi connectivity index (χ0v) is 31.2. The Morgan fingerprint density at radius 3 is 2.23 bits per heavy atom. The summed E-state index contributed by atoms with van der Waals surface area (Å²) in [6.45, 7) is 23.3. The predicted molar refractivity (Wildman–Crippen MR) is 204 cm³/mol. The largest absolute Gasteiger partial charge is 0.386 e. The van der Waals surface area contributed by atoms with Crippen LogP contribution in [0.3, 0.4) is 0 Å². The molecule has 0 bridgehead atoms. The van der Waals surface area contributed by atoms with E-state index in [2.05, 4.69) is 99.8 Å². The Morgan fingerprint density at radius 2 is 1.65 bits per heavy atom. The van der Waals surface area contributed by atoms with Crippen molar-refractivity contribution in [1.29, 1.82) is 0 Å². The lowest BCUT2D eigenvalue weighted by atomic mass is 9.81. The fourth-order valence-electron chi connectivity index (χ4n) is 7.30. The van der Waals surface area contributed by atoms with Gasteiger partial charge in [0.2, 0.25) is 0 Å².